The maximum atomic E-state index is 10.5. The minimum atomic E-state index is -3.45. The summed E-state index contributed by atoms with van der Waals surface area (Å²) in [6, 6.07) is 8.97. The Morgan fingerprint density at radius 1 is 1.23 bits per heavy atom. The summed E-state index contributed by atoms with van der Waals surface area (Å²) in [5.41, 5.74) is 0. The molecule has 5 heteroatoms. The number of rotatable bonds is 4. The molecule has 0 radical (unpaired) electrons. The molecule has 0 aliphatic heterocycles. The van der Waals surface area contributed by atoms with Crippen LogP contribution in [0.5, 0.6) is 5.75 Å². The van der Waals surface area contributed by atoms with Crippen molar-refractivity contribution in [3.63, 3.8) is 0 Å². The number of para-hydroxylation sites is 1. The van der Waals surface area contributed by atoms with Crippen LogP contribution in [-0.4, -0.2) is 20.8 Å². The van der Waals surface area contributed by atoms with E-state index in [0.29, 0.717) is 5.75 Å². The van der Waals surface area contributed by atoms with Crippen LogP contribution in [0.3, 0.4) is 0 Å². The minimum Gasteiger partial charge on any atom is -0.492 e. The molecule has 0 N–H and O–H groups in total. The van der Waals surface area contributed by atoms with Crippen molar-refractivity contribution in [3.8, 4) is 5.75 Å². The highest BCUT2D eigenvalue weighted by Crippen LogP contribution is 2.08. The fraction of sp³-hybridized carbons (Fsp3) is 0.250. The monoisotopic (exact) mass is 220 g/mol. The molecule has 0 aliphatic rings. The maximum Gasteiger partial charge on any atom is 0.235 e. The summed E-state index contributed by atoms with van der Waals surface area (Å²) in [4.78, 5) is 0. The second kappa shape index (κ2) is 4.48. The van der Waals surface area contributed by atoms with E-state index >= 15 is 0 Å². The van der Waals surface area contributed by atoms with Gasteiger partial charge >= 0.3 is 0 Å². The molecule has 0 fully saturated rings. The molecule has 1 aromatic rings. The lowest BCUT2D eigenvalue weighted by Gasteiger charge is -2.02. The van der Waals surface area contributed by atoms with Crippen molar-refractivity contribution in [2.45, 2.75) is 0 Å². The Labute approximate surface area is 81.7 Å². The van der Waals surface area contributed by atoms with Gasteiger partial charge in [-0.25, -0.2) is 8.42 Å². The number of benzene rings is 1. The normalized spacial score (nSPS) is 11.2. The maximum absolute atomic E-state index is 10.5. The van der Waals surface area contributed by atoms with Crippen molar-refractivity contribution < 1.29 is 13.2 Å². The standard InChI is InChI=1S/C8H9ClO3S/c9-13(10,11)7-6-12-8-4-2-1-3-5-8/h1-5H,6-7H2. The summed E-state index contributed by atoms with van der Waals surface area (Å²) in [5.74, 6) is 0.464. The average Bonchev–Trinajstić information content (AvgIpc) is 2.04. The predicted molar refractivity (Wildman–Crippen MR) is 51.6 cm³/mol. The van der Waals surface area contributed by atoms with Crippen LogP contribution >= 0.6 is 10.7 Å². The summed E-state index contributed by atoms with van der Waals surface area (Å²) in [6.45, 7) is 0.0792. The minimum absolute atomic E-state index is 0.0792. The summed E-state index contributed by atoms with van der Waals surface area (Å²) in [5, 5.41) is 0. The van der Waals surface area contributed by atoms with Crippen LogP contribution in [0.1, 0.15) is 0 Å². The molecule has 0 heterocycles. The summed E-state index contributed by atoms with van der Waals surface area (Å²) >= 11 is 0. The predicted octanol–water partition coefficient (Wildman–Crippen LogP) is 1.63. The van der Waals surface area contributed by atoms with Crippen molar-refractivity contribution in [2.24, 2.45) is 0 Å². The van der Waals surface area contributed by atoms with Gasteiger partial charge in [-0.05, 0) is 12.1 Å². The summed E-state index contributed by atoms with van der Waals surface area (Å²) in [7, 11) is 1.54. The van der Waals surface area contributed by atoms with Crippen molar-refractivity contribution in [3.05, 3.63) is 30.3 Å². The van der Waals surface area contributed by atoms with Crippen molar-refractivity contribution in [2.75, 3.05) is 12.4 Å². The third kappa shape index (κ3) is 4.75. The van der Waals surface area contributed by atoms with Crippen molar-refractivity contribution in [1.29, 1.82) is 0 Å². The van der Waals surface area contributed by atoms with Crippen LogP contribution < -0.4 is 4.74 Å². The van der Waals surface area contributed by atoms with Gasteiger partial charge in [0.25, 0.3) is 0 Å². The lowest BCUT2D eigenvalue weighted by atomic mass is 10.3. The molecule has 1 rings (SSSR count). The third-order valence-electron chi connectivity index (χ3n) is 1.34. The highest BCUT2D eigenvalue weighted by atomic mass is 35.7. The van der Waals surface area contributed by atoms with Crippen LogP contribution in [0.25, 0.3) is 0 Å². The van der Waals surface area contributed by atoms with E-state index in [4.69, 9.17) is 15.4 Å². The largest absolute Gasteiger partial charge is 0.492 e. The van der Waals surface area contributed by atoms with E-state index in [2.05, 4.69) is 0 Å². The van der Waals surface area contributed by atoms with Gasteiger partial charge in [-0.3, -0.25) is 0 Å². The zero-order chi connectivity index (χ0) is 9.73. The van der Waals surface area contributed by atoms with Gasteiger partial charge in [0.1, 0.15) is 12.4 Å². The summed E-state index contributed by atoms with van der Waals surface area (Å²) in [6.07, 6.45) is 0. The van der Waals surface area contributed by atoms with E-state index in [1.165, 1.54) is 0 Å². The molecular formula is C8H9ClO3S. The highest BCUT2D eigenvalue weighted by molar-refractivity contribution is 8.13. The van der Waals surface area contributed by atoms with Gasteiger partial charge in [0.05, 0.1) is 5.75 Å². The molecule has 0 aliphatic carbocycles. The highest BCUT2D eigenvalue weighted by Gasteiger charge is 2.04. The van der Waals surface area contributed by atoms with Crippen LogP contribution in [0.15, 0.2) is 30.3 Å². The lowest BCUT2D eigenvalue weighted by molar-refractivity contribution is 0.341. The van der Waals surface area contributed by atoms with Crippen LogP contribution in [0.2, 0.25) is 0 Å². The number of halogens is 1. The molecule has 0 atom stereocenters. The Morgan fingerprint density at radius 3 is 2.38 bits per heavy atom. The van der Waals surface area contributed by atoms with E-state index in [-0.39, 0.29) is 12.4 Å². The van der Waals surface area contributed by atoms with Gasteiger partial charge in [0, 0.05) is 10.7 Å². The SMILES string of the molecule is O=S(=O)(Cl)CCOc1ccccc1. The quantitative estimate of drug-likeness (QED) is 0.725. The van der Waals surface area contributed by atoms with E-state index in [9.17, 15) is 8.42 Å². The molecule has 0 amide bonds. The molecule has 3 nitrogen and oxygen atoms in total. The van der Waals surface area contributed by atoms with E-state index in [1.54, 1.807) is 12.1 Å². The topological polar surface area (TPSA) is 43.4 Å². The smallest absolute Gasteiger partial charge is 0.235 e. The molecule has 13 heavy (non-hydrogen) atoms. The first-order valence-electron chi connectivity index (χ1n) is 3.68. The first-order chi connectivity index (χ1) is 6.08. The van der Waals surface area contributed by atoms with Gasteiger partial charge in [-0.1, -0.05) is 18.2 Å². The first kappa shape index (κ1) is 10.3. The zero-order valence-corrected chi connectivity index (χ0v) is 8.38. The van der Waals surface area contributed by atoms with Crippen LogP contribution in [0.4, 0.5) is 0 Å². The molecule has 72 valence electrons. The number of hydrogen-bond acceptors (Lipinski definition) is 3. The second-order valence-electron chi connectivity index (χ2n) is 2.40. The van der Waals surface area contributed by atoms with Gasteiger partial charge in [-0.2, -0.15) is 0 Å². The van der Waals surface area contributed by atoms with Gasteiger partial charge in [0.2, 0.25) is 9.05 Å². The molecule has 0 saturated heterocycles. The van der Waals surface area contributed by atoms with Gasteiger partial charge < -0.3 is 4.74 Å². The summed E-state index contributed by atoms with van der Waals surface area (Å²) < 4.78 is 26.1. The Morgan fingerprint density at radius 2 is 1.85 bits per heavy atom. The Bertz CT molecular complexity index is 347. The number of hydrogen-bond donors (Lipinski definition) is 0. The van der Waals surface area contributed by atoms with E-state index in [0.717, 1.165) is 0 Å². The molecule has 0 spiro atoms. The molecule has 1 aromatic carbocycles. The molecule has 0 bridgehead atoms. The molecule has 0 saturated carbocycles. The van der Waals surface area contributed by atoms with Gasteiger partial charge in [-0.15, -0.1) is 0 Å². The Balaban J connectivity index is 2.37. The van der Waals surface area contributed by atoms with Crippen molar-refractivity contribution >= 4 is 19.7 Å². The Kier molecular flexibility index (Phi) is 3.57. The van der Waals surface area contributed by atoms with Crippen molar-refractivity contribution in [1.82, 2.24) is 0 Å². The molecular weight excluding hydrogens is 212 g/mol. The fourth-order valence-electron chi connectivity index (χ4n) is 0.776. The zero-order valence-electron chi connectivity index (χ0n) is 6.81. The molecule has 0 aromatic heterocycles. The Hall–Kier alpha value is -0.740. The average molecular weight is 221 g/mol. The second-order valence-corrected chi connectivity index (χ2v) is 5.30. The number of ether oxygens (including phenoxy) is 1. The third-order valence-corrected chi connectivity index (χ3v) is 2.46. The van der Waals surface area contributed by atoms with E-state index < -0.39 is 9.05 Å². The fourth-order valence-corrected chi connectivity index (χ4v) is 1.25. The lowest BCUT2D eigenvalue weighted by Crippen LogP contribution is -2.08. The van der Waals surface area contributed by atoms with Crippen LogP contribution in [0, 0.1) is 0 Å². The van der Waals surface area contributed by atoms with Crippen LogP contribution in [-0.2, 0) is 9.05 Å². The van der Waals surface area contributed by atoms with Gasteiger partial charge in [0.15, 0.2) is 0 Å². The first-order valence-corrected chi connectivity index (χ1v) is 6.16. The van der Waals surface area contributed by atoms with E-state index in [1.807, 2.05) is 18.2 Å². The molecule has 0 unspecified atom stereocenters.